The molecule has 0 aliphatic carbocycles. The van der Waals surface area contributed by atoms with Gasteiger partial charge in [0.1, 0.15) is 6.10 Å². The second-order valence-corrected chi connectivity index (χ2v) is 18.6. The van der Waals surface area contributed by atoms with E-state index in [9.17, 15) is 19.8 Å². The Bertz CT molecular complexity index is 909. The molecule has 3 atom stereocenters. The Morgan fingerprint density at radius 1 is 0.467 bits per heavy atom. The van der Waals surface area contributed by atoms with Crippen molar-refractivity contribution in [2.24, 2.45) is 0 Å². The van der Waals surface area contributed by atoms with Gasteiger partial charge in [-0.25, -0.2) is 0 Å². The zero-order chi connectivity index (χ0) is 43.8. The van der Waals surface area contributed by atoms with Gasteiger partial charge in [0.15, 0.2) is 0 Å². The van der Waals surface area contributed by atoms with Crippen LogP contribution in [0, 0.1) is 0 Å². The van der Waals surface area contributed by atoms with Gasteiger partial charge in [-0.2, -0.15) is 0 Å². The highest BCUT2D eigenvalue weighted by Gasteiger charge is 2.24. The number of carbonyl (C=O) groups is 2. The third kappa shape index (κ3) is 43.3. The molecule has 0 aliphatic heterocycles. The molecule has 1 amide bonds. The zero-order valence-corrected chi connectivity index (χ0v) is 40.6. The number of aliphatic hydroxyl groups excluding tert-OH is 2. The van der Waals surface area contributed by atoms with Crippen molar-refractivity contribution in [1.82, 2.24) is 5.32 Å². The van der Waals surface area contributed by atoms with E-state index in [0.717, 1.165) is 64.2 Å². The second-order valence-electron chi connectivity index (χ2n) is 18.6. The molecule has 0 bridgehead atoms. The predicted molar refractivity (Wildman–Crippen MR) is 260 cm³/mol. The van der Waals surface area contributed by atoms with Crippen molar-refractivity contribution in [3.8, 4) is 0 Å². The van der Waals surface area contributed by atoms with Gasteiger partial charge in [0.2, 0.25) is 5.91 Å². The van der Waals surface area contributed by atoms with Crippen molar-refractivity contribution in [3.63, 3.8) is 0 Å². The quantitative estimate of drug-likeness (QED) is 0.0322. The number of amides is 1. The van der Waals surface area contributed by atoms with Crippen molar-refractivity contribution in [2.45, 2.75) is 315 Å². The Balaban J connectivity index is 4.37. The lowest BCUT2D eigenvalue weighted by Gasteiger charge is -2.24. The number of hydrogen-bond acceptors (Lipinski definition) is 5. The van der Waals surface area contributed by atoms with Crippen LogP contribution in [0.15, 0.2) is 12.2 Å². The Morgan fingerprint density at radius 2 is 0.817 bits per heavy atom. The maximum atomic E-state index is 13.2. The predicted octanol–water partition coefficient (Wildman–Crippen LogP) is 16.1. The van der Waals surface area contributed by atoms with Crippen LogP contribution in [0.5, 0.6) is 0 Å². The van der Waals surface area contributed by atoms with Crippen molar-refractivity contribution in [3.05, 3.63) is 12.2 Å². The minimum absolute atomic E-state index is 0.0733. The van der Waals surface area contributed by atoms with Crippen molar-refractivity contribution < 1.29 is 24.5 Å². The van der Waals surface area contributed by atoms with E-state index < -0.39 is 18.2 Å². The molecule has 0 saturated carbocycles. The van der Waals surface area contributed by atoms with E-state index in [4.69, 9.17) is 4.74 Å². The normalized spacial score (nSPS) is 13.2. The molecule has 0 saturated heterocycles. The van der Waals surface area contributed by atoms with Gasteiger partial charge in [0, 0.05) is 6.42 Å². The van der Waals surface area contributed by atoms with Gasteiger partial charge in [-0.15, -0.1) is 0 Å². The van der Waals surface area contributed by atoms with Crippen LogP contribution in [-0.2, 0) is 14.3 Å². The van der Waals surface area contributed by atoms with Crippen LogP contribution in [0.2, 0.25) is 0 Å². The molecular weight excluding hydrogens is 743 g/mol. The molecule has 0 radical (unpaired) electrons. The van der Waals surface area contributed by atoms with E-state index in [1.807, 2.05) is 0 Å². The SMILES string of the molecule is CCCC/C=C\CCCCCC(CC(=O)NC(CO)C(O)CCCCCCCCCCCCCCCCCCC)OC(=O)CCCCCCCCCCCCCCCCC. The molecule has 6 nitrogen and oxygen atoms in total. The standard InChI is InChI=1S/C54H105NO5/c1-4-7-10-13-16-19-21-23-25-26-28-29-31-34-37-40-43-46-52(57)51(49-56)55-53(58)48-50(45-42-39-36-33-18-15-12-9-6-3)60-54(59)47-44-41-38-35-32-30-27-24-22-20-17-14-11-8-5-2/h15,18,50-52,56-57H,4-14,16-17,19-49H2,1-3H3,(H,55,58)/b18-15-. The number of esters is 1. The van der Waals surface area contributed by atoms with Crippen molar-refractivity contribution in [1.29, 1.82) is 0 Å². The summed E-state index contributed by atoms with van der Waals surface area (Å²) in [6.07, 6.45) is 54.3. The lowest BCUT2D eigenvalue weighted by molar-refractivity contribution is -0.151. The summed E-state index contributed by atoms with van der Waals surface area (Å²) in [6.45, 7) is 6.47. The fraction of sp³-hybridized carbons (Fsp3) is 0.926. The smallest absolute Gasteiger partial charge is 0.306 e. The number of carbonyl (C=O) groups excluding carboxylic acids is 2. The van der Waals surface area contributed by atoms with Crippen LogP contribution in [0.25, 0.3) is 0 Å². The topological polar surface area (TPSA) is 95.9 Å². The van der Waals surface area contributed by atoms with E-state index in [0.29, 0.717) is 19.3 Å². The Kier molecular flexibility index (Phi) is 47.5. The van der Waals surface area contributed by atoms with E-state index >= 15 is 0 Å². The molecule has 0 aromatic heterocycles. The van der Waals surface area contributed by atoms with Gasteiger partial charge >= 0.3 is 5.97 Å². The maximum absolute atomic E-state index is 13.2. The maximum Gasteiger partial charge on any atom is 0.306 e. The highest BCUT2D eigenvalue weighted by atomic mass is 16.5. The number of rotatable bonds is 49. The van der Waals surface area contributed by atoms with Gasteiger partial charge < -0.3 is 20.3 Å². The molecule has 356 valence electrons. The minimum Gasteiger partial charge on any atom is -0.462 e. The molecule has 3 unspecified atom stereocenters. The monoisotopic (exact) mass is 848 g/mol. The number of allylic oxidation sites excluding steroid dienone is 2. The zero-order valence-electron chi connectivity index (χ0n) is 40.6. The molecular formula is C54H105NO5. The highest BCUT2D eigenvalue weighted by molar-refractivity contribution is 5.77. The Morgan fingerprint density at radius 3 is 1.23 bits per heavy atom. The van der Waals surface area contributed by atoms with Crippen LogP contribution >= 0.6 is 0 Å². The van der Waals surface area contributed by atoms with Crippen LogP contribution in [0.3, 0.4) is 0 Å². The summed E-state index contributed by atoms with van der Waals surface area (Å²) in [7, 11) is 0. The van der Waals surface area contributed by atoms with Crippen molar-refractivity contribution >= 4 is 11.9 Å². The fourth-order valence-corrected chi connectivity index (χ4v) is 8.47. The minimum atomic E-state index is -0.785. The number of unbranched alkanes of at least 4 members (excludes halogenated alkanes) is 35. The summed E-state index contributed by atoms with van der Waals surface area (Å²) in [5, 5.41) is 23.8. The first-order chi connectivity index (χ1) is 29.5. The second kappa shape index (κ2) is 48.6. The van der Waals surface area contributed by atoms with E-state index in [1.165, 1.54) is 186 Å². The van der Waals surface area contributed by atoms with Gasteiger partial charge in [0.05, 0.1) is 25.2 Å². The summed E-state index contributed by atoms with van der Waals surface area (Å²) in [6, 6.07) is -0.699. The van der Waals surface area contributed by atoms with E-state index in [2.05, 4.69) is 38.2 Å². The molecule has 0 aromatic rings. The summed E-state index contributed by atoms with van der Waals surface area (Å²) in [4.78, 5) is 26.1. The van der Waals surface area contributed by atoms with Gasteiger partial charge in [-0.1, -0.05) is 251 Å². The fourth-order valence-electron chi connectivity index (χ4n) is 8.47. The van der Waals surface area contributed by atoms with E-state index in [1.54, 1.807) is 0 Å². The molecule has 0 aromatic carbocycles. The first kappa shape index (κ1) is 58.6. The van der Waals surface area contributed by atoms with Crippen LogP contribution in [0.4, 0.5) is 0 Å². The van der Waals surface area contributed by atoms with Gasteiger partial charge in [-0.3, -0.25) is 9.59 Å². The molecule has 0 fully saturated rings. The molecule has 0 heterocycles. The summed E-state index contributed by atoms with van der Waals surface area (Å²) < 4.78 is 5.92. The summed E-state index contributed by atoms with van der Waals surface area (Å²) in [5.41, 5.74) is 0. The number of nitrogens with one attached hydrogen (secondary N) is 1. The molecule has 3 N–H and O–H groups in total. The largest absolute Gasteiger partial charge is 0.462 e. The molecule has 0 spiro atoms. The lowest BCUT2D eigenvalue weighted by atomic mass is 10.0. The molecule has 0 rings (SSSR count). The average Bonchev–Trinajstić information content (AvgIpc) is 3.24. The summed E-state index contributed by atoms with van der Waals surface area (Å²) in [5.74, 6) is -0.474. The number of hydrogen-bond donors (Lipinski definition) is 3. The lowest BCUT2D eigenvalue weighted by Crippen LogP contribution is -2.46. The molecule has 0 aliphatic rings. The van der Waals surface area contributed by atoms with Gasteiger partial charge in [-0.05, 0) is 44.9 Å². The third-order valence-corrected chi connectivity index (χ3v) is 12.6. The Labute approximate surface area is 374 Å². The van der Waals surface area contributed by atoms with Crippen LogP contribution < -0.4 is 5.32 Å². The van der Waals surface area contributed by atoms with Crippen LogP contribution in [-0.4, -0.2) is 46.9 Å². The highest BCUT2D eigenvalue weighted by Crippen LogP contribution is 2.18. The summed E-state index contributed by atoms with van der Waals surface area (Å²) >= 11 is 0. The Hall–Kier alpha value is -1.40. The third-order valence-electron chi connectivity index (χ3n) is 12.6. The van der Waals surface area contributed by atoms with Crippen molar-refractivity contribution in [2.75, 3.05) is 6.61 Å². The van der Waals surface area contributed by atoms with Gasteiger partial charge in [0.25, 0.3) is 0 Å². The average molecular weight is 848 g/mol. The molecule has 6 heteroatoms. The first-order valence-electron chi connectivity index (χ1n) is 26.9. The van der Waals surface area contributed by atoms with Crippen LogP contribution in [0.1, 0.15) is 297 Å². The van der Waals surface area contributed by atoms with E-state index in [-0.39, 0.29) is 24.9 Å². The number of aliphatic hydroxyl groups is 2. The first-order valence-corrected chi connectivity index (χ1v) is 26.9. The number of ether oxygens (including phenoxy) is 1. The molecule has 60 heavy (non-hydrogen) atoms.